The number of rotatable bonds is 1. The molecule has 0 radical (unpaired) electrons. The van der Waals surface area contributed by atoms with Crippen molar-refractivity contribution in [3.63, 3.8) is 0 Å². The third kappa shape index (κ3) is 1.98. The second-order valence-corrected chi connectivity index (χ2v) is 4.44. The van der Waals surface area contributed by atoms with E-state index in [1.807, 2.05) is 39.0 Å². The van der Waals surface area contributed by atoms with Crippen LogP contribution in [-0.2, 0) is 0 Å². The fraction of sp³-hybridized carbons (Fsp3) is 0.200. The zero-order valence-corrected chi connectivity index (χ0v) is 10.3. The first-order valence-corrected chi connectivity index (χ1v) is 5.60. The Morgan fingerprint density at radius 3 is 2.18 bits per heavy atom. The lowest BCUT2D eigenvalue weighted by atomic mass is 9.95. The van der Waals surface area contributed by atoms with Gasteiger partial charge in [-0.15, -0.1) is 0 Å². The van der Waals surface area contributed by atoms with Gasteiger partial charge in [0, 0.05) is 0 Å². The Morgan fingerprint density at radius 1 is 0.824 bits per heavy atom. The van der Waals surface area contributed by atoms with Crippen molar-refractivity contribution in [3.8, 4) is 22.6 Å². The van der Waals surface area contributed by atoms with E-state index >= 15 is 0 Å². The number of hydrogen-bond acceptors (Lipinski definition) is 2. The average Bonchev–Trinajstić information content (AvgIpc) is 2.29. The van der Waals surface area contributed by atoms with Crippen LogP contribution in [0.3, 0.4) is 0 Å². The maximum atomic E-state index is 10.1. The molecule has 88 valence electrons. The Labute approximate surface area is 101 Å². The fourth-order valence-electron chi connectivity index (χ4n) is 1.96. The van der Waals surface area contributed by atoms with Gasteiger partial charge in [0.1, 0.15) is 11.5 Å². The summed E-state index contributed by atoms with van der Waals surface area (Å²) in [7, 11) is 0. The monoisotopic (exact) mass is 228 g/mol. The van der Waals surface area contributed by atoms with Crippen LogP contribution in [0.15, 0.2) is 30.3 Å². The van der Waals surface area contributed by atoms with Crippen LogP contribution < -0.4 is 0 Å². The molecule has 0 aliphatic rings. The van der Waals surface area contributed by atoms with Crippen LogP contribution in [0.4, 0.5) is 0 Å². The van der Waals surface area contributed by atoms with Gasteiger partial charge in [0.05, 0.1) is 5.56 Å². The Hall–Kier alpha value is -1.96. The van der Waals surface area contributed by atoms with Gasteiger partial charge in [-0.25, -0.2) is 0 Å². The van der Waals surface area contributed by atoms with Crippen molar-refractivity contribution in [2.75, 3.05) is 0 Å². The summed E-state index contributed by atoms with van der Waals surface area (Å²) in [5, 5.41) is 20.0. The number of aromatic hydroxyl groups is 2. The molecule has 2 aromatic carbocycles. The van der Waals surface area contributed by atoms with Gasteiger partial charge in [-0.2, -0.15) is 0 Å². The van der Waals surface area contributed by atoms with Crippen molar-refractivity contribution in [3.05, 3.63) is 47.0 Å². The Kier molecular flexibility index (Phi) is 2.80. The summed E-state index contributed by atoms with van der Waals surface area (Å²) >= 11 is 0. The zero-order valence-electron chi connectivity index (χ0n) is 10.3. The second-order valence-electron chi connectivity index (χ2n) is 4.44. The molecule has 0 saturated heterocycles. The molecular formula is C15H16O2. The number of benzene rings is 2. The molecule has 0 unspecified atom stereocenters. The first-order chi connectivity index (χ1) is 8.00. The van der Waals surface area contributed by atoms with Gasteiger partial charge in [0.2, 0.25) is 0 Å². The van der Waals surface area contributed by atoms with Crippen molar-refractivity contribution < 1.29 is 10.2 Å². The van der Waals surface area contributed by atoms with Gasteiger partial charge in [-0.05, 0) is 43.5 Å². The quantitative estimate of drug-likeness (QED) is 0.781. The van der Waals surface area contributed by atoms with Gasteiger partial charge in [-0.1, -0.05) is 29.8 Å². The van der Waals surface area contributed by atoms with Crippen LogP contribution in [0.5, 0.6) is 11.5 Å². The van der Waals surface area contributed by atoms with E-state index in [0.717, 1.165) is 22.3 Å². The van der Waals surface area contributed by atoms with Crippen LogP contribution in [0, 0.1) is 20.8 Å². The molecule has 0 fully saturated rings. The minimum absolute atomic E-state index is 0.113. The third-order valence-electron chi connectivity index (χ3n) is 3.02. The molecule has 0 aromatic heterocycles. The van der Waals surface area contributed by atoms with Gasteiger partial charge in [0.15, 0.2) is 0 Å². The summed E-state index contributed by atoms with van der Waals surface area (Å²) in [5.41, 5.74) is 4.30. The highest BCUT2D eigenvalue weighted by molar-refractivity contribution is 5.80. The van der Waals surface area contributed by atoms with Crippen LogP contribution in [0.1, 0.15) is 16.7 Å². The highest BCUT2D eigenvalue weighted by Crippen LogP contribution is 2.40. The lowest BCUT2D eigenvalue weighted by Gasteiger charge is -2.12. The molecule has 0 bridgehead atoms. The summed E-state index contributed by atoms with van der Waals surface area (Å²) in [5.74, 6) is 0.264. The minimum atomic E-state index is 0.113. The molecule has 17 heavy (non-hydrogen) atoms. The molecule has 0 aliphatic carbocycles. The smallest absolute Gasteiger partial charge is 0.130 e. The summed E-state index contributed by atoms with van der Waals surface area (Å²) in [4.78, 5) is 0. The van der Waals surface area contributed by atoms with E-state index in [0.29, 0.717) is 5.56 Å². The first-order valence-electron chi connectivity index (χ1n) is 5.60. The summed E-state index contributed by atoms with van der Waals surface area (Å²) in [6, 6.07) is 9.31. The highest BCUT2D eigenvalue weighted by Gasteiger charge is 2.14. The number of phenols is 2. The molecule has 2 N–H and O–H groups in total. The van der Waals surface area contributed by atoms with E-state index in [-0.39, 0.29) is 11.5 Å². The Bertz CT molecular complexity index is 571. The Balaban J connectivity index is 2.76. The molecule has 0 atom stereocenters. The predicted molar refractivity (Wildman–Crippen MR) is 69.4 cm³/mol. The summed E-state index contributed by atoms with van der Waals surface area (Å²) in [6.45, 7) is 5.78. The van der Waals surface area contributed by atoms with Crippen molar-refractivity contribution >= 4 is 0 Å². The van der Waals surface area contributed by atoms with E-state index in [9.17, 15) is 10.2 Å². The van der Waals surface area contributed by atoms with Crippen LogP contribution in [-0.4, -0.2) is 10.2 Å². The largest absolute Gasteiger partial charge is 0.507 e. The number of phenolic OH excluding ortho intramolecular Hbond substituents is 2. The summed E-state index contributed by atoms with van der Waals surface area (Å²) < 4.78 is 0. The lowest BCUT2D eigenvalue weighted by Crippen LogP contribution is -1.88. The molecule has 0 aliphatic heterocycles. The van der Waals surface area contributed by atoms with Gasteiger partial charge in [0.25, 0.3) is 0 Å². The summed E-state index contributed by atoms with van der Waals surface area (Å²) in [6.07, 6.45) is 0. The molecule has 2 rings (SSSR count). The number of aryl methyl sites for hydroxylation is 3. The van der Waals surface area contributed by atoms with Crippen molar-refractivity contribution in [2.24, 2.45) is 0 Å². The van der Waals surface area contributed by atoms with E-state index in [1.54, 1.807) is 12.1 Å². The van der Waals surface area contributed by atoms with Gasteiger partial charge < -0.3 is 10.2 Å². The molecule has 2 nitrogen and oxygen atoms in total. The topological polar surface area (TPSA) is 40.5 Å². The van der Waals surface area contributed by atoms with Gasteiger partial charge in [-0.3, -0.25) is 0 Å². The third-order valence-corrected chi connectivity index (χ3v) is 3.02. The molecule has 0 saturated carbocycles. The molecule has 0 spiro atoms. The van der Waals surface area contributed by atoms with E-state index in [2.05, 4.69) is 0 Å². The first kappa shape index (κ1) is 11.5. The zero-order chi connectivity index (χ0) is 12.6. The molecule has 0 amide bonds. The van der Waals surface area contributed by atoms with Gasteiger partial charge >= 0.3 is 0 Å². The highest BCUT2D eigenvalue weighted by atomic mass is 16.3. The van der Waals surface area contributed by atoms with Crippen LogP contribution in [0.25, 0.3) is 11.1 Å². The number of hydrogen-bond donors (Lipinski definition) is 2. The SMILES string of the molecule is Cc1ccc(C)c(-c2c(O)ccc(C)c2O)c1. The fourth-order valence-corrected chi connectivity index (χ4v) is 1.96. The average molecular weight is 228 g/mol. The molecular weight excluding hydrogens is 212 g/mol. The second kappa shape index (κ2) is 4.13. The van der Waals surface area contributed by atoms with Crippen LogP contribution in [0.2, 0.25) is 0 Å². The lowest BCUT2D eigenvalue weighted by molar-refractivity contribution is 0.451. The standard InChI is InChI=1S/C15H16O2/c1-9-4-5-10(2)12(8-9)14-13(16)7-6-11(3)15(14)17/h4-8,16-17H,1-3H3. The van der Waals surface area contributed by atoms with Crippen LogP contribution >= 0.6 is 0 Å². The minimum Gasteiger partial charge on any atom is -0.507 e. The van der Waals surface area contributed by atoms with Crippen molar-refractivity contribution in [1.29, 1.82) is 0 Å². The van der Waals surface area contributed by atoms with Crippen molar-refractivity contribution in [2.45, 2.75) is 20.8 Å². The molecule has 2 heteroatoms. The molecule has 2 aromatic rings. The maximum Gasteiger partial charge on any atom is 0.130 e. The maximum absolute atomic E-state index is 10.1. The molecule has 0 heterocycles. The Morgan fingerprint density at radius 2 is 1.47 bits per heavy atom. The normalized spacial score (nSPS) is 10.5. The van der Waals surface area contributed by atoms with E-state index in [4.69, 9.17) is 0 Å². The van der Waals surface area contributed by atoms with E-state index in [1.165, 1.54) is 0 Å². The van der Waals surface area contributed by atoms with E-state index < -0.39 is 0 Å². The van der Waals surface area contributed by atoms with Crippen molar-refractivity contribution in [1.82, 2.24) is 0 Å². The predicted octanol–water partition coefficient (Wildman–Crippen LogP) is 3.69.